The average molecular weight is 270 g/mol. The molecule has 5 heteroatoms. The Morgan fingerprint density at radius 3 is 2.58 bits per heavy atom. The molecule has 0 spiro atoms. The quantitative estimate of drug-likeness (QED) is 0.887. The fourth-order valence-electron chi connectivity index (χ4n) is 2.41. The molecule has 2 rings (SSSR count). The van der Waals surface area contributed by atoms with Crippen LogP contribution in [0.2, 0.25) is 0 Å². The van der Waals surface area contributed by atoms with Gasteiger partial charge in [0.25, 0.3) is 5.92 Å². The van der Waals surface area contributed by atoms with Crippen LogP contribution < -0.4 is 10.1 Å². The van der Waals surface area contributed by atoms with Crippen molar-refractivity contribution in [1.29, 1.82) is 0 Å². The molecule has 0 saturated carbocycles. The summed E-state index contributed by atoms with van der Waals surface area (Å²) in [6.07, 6.45) is -0.0564. The first-order valence-electron chi connectivity index (χ1n) is 6.42. The normalized spacial score (nSPS) is 22.6. The van der Waals surface area contributed by atoms with Crippen LogP contribution in [0.1, 0.15) is 12.0 Å². The molecule has 0 unspecified atom stereocenters. The lowest BCUT2D eigenvalue weighted by Gasteiger charge is -2.18. The maximum atomic E-state index is 13.2. The maximum absolute atomic E-state index is 13.2. The van der Waals surface area contributed by atoms with Crippen molar-refractivity contribution < 1.29 is 13.5 Å². The highest BCUT2D eigenvalue weighted by Crippen LogP contribution is 2.30. The topological polar surface area (TPSA) is 24.5 Å². The van der Waals surface area contributed by atoms with E-state index in [1.165, 1.54) is 0 Å². The van der Waals surface area contributed by atoms with Gasteiger partial charge in [0.2, 0.25) is 0 Å². The number of nitrogens with one attached hydrogen (secondary N) is 1. The number of benzene rings is 1. The molecule has 1 aromatic carbocycles. The van der Waals surface area contributed by atoms with E-state index in [0.29, 0.717) is 13.1 Å². The molecular formula is C14H20F2N2O. The Balaban J connectivity index is 1.77. The van der Waals surface area contributed by atoms with Crippen molar-refractivity contribution in [2.75, 3.05) is 27.2 Å². The van der Waals surface area contributed by atoms with Gasteiger partial charge in [-0.15, -0.1) is 0 Å². The molecule has 1 atom stereocenters. The van der Waals surface area contributed by atoms with Crippen molar-refractivity contribution in [3.8, 4) is 5.75 Å². The van der Waals surface area contributed by atoms with E-state index in [-0.39, 0.29) is 19.0 Å². The maximum Gasteiger partial charge on any atom is 0.262 e. The van der Waals surface area contributed by atoms with Gasteiger partial charge in [-0.25, -0.2) is 8.78 Å². The molecule has 3 nitrogen and oxygen atoms in total. The number of hydrogen-bond acceptors (Lipinski definition) is 3. The fraction of sp³-hybridized carbons (Fsp3) is 0.571. The van der Waals surface area contributed by atoms with Crippen LogP contribution in [-0.2, 0) is 6.54 Å². The Morgan fingerprint density at radius 1 is 1.37 bits per heavy atom. The first-order chi connectivity index (χ1) is 9.00. The lowest BCUT2D eigenvalue weighted by atomic mass is 10.1. The van der Waals surface area contributed by atoms with Gasteiger partial charge in [-0.1, -0.05) is 12.1 Å². The summed E-state index contributed by atoms with van der Waals surface area (Å²) in [6, 6.07) is 7.64. The number of nitrogens with zero attached hydrogens (tertiary/aromatic N) is 1. The summed E-state index contributed by atoms with van der Waals surface area (Å²) in [4.78, 5) is 1.72. The van der Waals surface area contributed by atoms with E-state index in [0.717, 1.165) is 11.3 Å². The number of likely N-dealkylation sites (N-methyl/N-ethyl adjacent to an activating group) is 1. The highest BCUT2D eigenvalue weighted by Gasteiger charge is 2.42. The third kappa shape index (κ3) is 3.88. The van der Waals surface area contributed by atoms with Gasteiger partial charge in [0.15, 0.2) is 0 Å². The smallest absolute Gasteiger partial charge is 0.262 e. The molecule has 1 N–H and O–H groups in total. The fourth-order valence-corrected chi connectivity index (χ4v) is 2.41. The predicted octanol–water partition coefficient (Wildman–Crippen LogP) is 2.12. The van der Waals surface area contributed by atoms with Gasteiger partial charge >= 0.3 is 0 Å². The van der Waals surface area contributed by atoms with Crippen molar-refractivity contribution in [3.63, 3.8) is 0 Å². The van der Waals surface area contributed by atoms with E-state index < -0.39 is 5.92 Å². The molecule has 1 heterocycles. The molecule has 0 amide bonds. The standard InChI is InChI=1S/C14H20F2N2O/c1-18-10-14(15,16)7-12(18)9-17-8-11-3-5-13(19-2)6-4-11/h3-6,12,17H,7-10H2,1-2H3/t12-/m1/s1. The Hall–Kier alpha value is -1.20. The molecule has 1 aliphatic rings. The Morgan fingerprint density at radius 2 is 2.05 bits per heavy atom. The van der Waals surface area contributed by atoms with E-state index in [2.05, 4.69) is 5.32 Å². The van der Waals surface area contributed by atoms with Crippen LogP contribution in [0.15, 0.2) is 24.3 Å². The lowest BCUT2D eigenvalue weighted by molar-refractivity contribution is 0.0140. The lowest BCUT2D eigenvalue weighted by Crippen LogP contribution is -2.35. The van der Waals surface area contributed by atoms with E-state index in [9.17, 15) is 8.78 Å². The van der Waals surface area contributed by atoms with Crippen LogP contribution >= 0.6 is 0 Å². The number of alkyl halides is 2. The SMILES string of the molecule is COc1ccc(CNC[C@H]2CC(F)(F)CN2C)cc1. The molecule has 19 heavy (non-hydrogen) atoms. The van der Waals surface area contributed by atoms with Gasteiger partial charge in [-0.2, -0.15) is 0 Å². The van der Waals surface area contributed by atoms with Crippen LogP contribution in [0.25, 0.3) is 0 Å². The highest BCUT2D eigenvalue weighted by atomic mass is 19.3. The molecule has 1 aromatic rings. The number of likely N-dealkylation sites (tertiary alicyclic amines) is 1. The summed E-state index contributed by atoms with van der Waals surface area (Å²) < 4.78 is 31.5. The Labute approximate surface area is 112 Å². The molecule has 1 saturated heterocycles. The largest absolute Gasteiger partial charge is 0.497 e. The summed E-state index contributed by atoms with van der Waals surface area (Å²) >= 11 is 0. The van der Waals surface area contributed by atoms with Crippen molar-refractivity contribution in [1.82, 2.24) is 10.2 Å². The second-order valence-corrected chi connectivity index (χ2v) is 5.11. The van der Waals surface area contributed by atoms with E-state index in [1.54, 1.807) is 19.1 Å². The minimum Gasteiger partial charge on any atom is -0.497 e. The summed E-state index contributed by atoms with van der Waals surface area (Å²) in [7, 11) is 3.38. The van der Waals surface area contributed by atoms with Crippen LogP contribution in [0.4, 0.5) is 8.78 Å². The molecule has 1 fully saturated rings. The first kappa shape index (κ1) is 14.2. The minimum absolute atomic E-state index is 0.0564. The van der Waals surface area contributed by atoms with Gasteiger partial charge in [-0.3, -0.25) is 4.90 Å². The Bertz CT molecular complexity index is 408. The van der Waals surface area contributed by atoms with E-state index >= 15 is 0 Å². The molecule has 0 bridgehead atoms. The van der Waals surface area contributed by atoms with Gasteiger partial charge in [-0.05, 0) is 24.7 Å². The van der Waals surface area contributed by atoms with Crippen LogP contribution in [0.3, 0.4) is 0 Å². The second-order valence-electron chi connectivity index (χ2n) is 5.11. The predicted molar refractivity (Wildman–Crippen MR) is 70.7 cm³/mol. The zero-order valence-electron chi connectivity index (χ0n) is 11.3. The van der Waals surface area contributed by atoms with E-state index in [4.69, 9.17) is 4.74 Å². The zero-order valence-corrected chi connectivity index (χ0v) is 11.3. The number of methoxy groups -OCH3 is 1. The first-order valence-corrected chi connectivity index (χ1v) is 6.42. The molecular weight excluding hydrogens is 250 g/mol. The second kappa shape index (κ2) is 5.84. The third-order valence-corrected chi connectivity index (χ3v) is 3.51. The molecule has 0 aromatic heterocycles. The van der Waals surface area contributed by atoms with Crippen LogP contribution in [-0.4, -0.2) is 44.1 Å². The van der Waals surface area contributed by atoms with Crippen LogP contribution in [0, 0.1) is 0 Å². The summed E-state index contributed by atoms with van der Waals surface area (Å²) in [5, 5.41) is 3.23. The van der Waals surface area contributed by atoms with Gasteiger partial charge < -0.3 is 10.1 Å². The Kier molecular flexibility index (Phi) is 4.37. The van der Waals surface area contributed by atoms with Crippen molar-refractivity contribution >= 4 is 0 Å². The van der Waals surface area contributed by atoms with Gasteiger partial charge in [0.05, 0.1) is 13.7 Å². The zero-order chi connectivity index (χ0) is 13.9. The van der Waals surface area contributed by atoms with Gasteiger partial charge in [0, 0.05) is 25.6 Å². The number of rotatable bonds is 5. The summed E-state index contributed by atoms with van der Waals surface area (Å²) in [5.74, 6) is -1.72. The number of ether oxygens (including phenoxy) is 1. The molecule has 1 aliphatic heterocycles. The van der Waals surface area contributed by atoms with Crippen molar-refractivity contribution in [2.24, 2.45) is 0 Å². The van der Waals surface area contributed by atoms with Crippen molar-refractivity contribution in [2.45, 2.75) is 24.9 Å². The monoisotopic (exact) mass is 270 g/mol. The molecule has 0 radical (unpaired) electrons. The number of halogens is 2. The van der Waals surface area contributed by atoms with E-state index in [1.807, 2.05) is 24.3 Å². The minimum atomic E-state index is -2.54. The van der Waals surface area contributed by atoms with Crippen LogP contribution in [0.5, 0.6) is 5.75 Å². The average Bonchev–Trinajstić information content (AvgIpc) is 2.63. The molecule has 0 aliphatic carbocycles. The van der Waals surface area contributed by atoms with Gasteiger partial charge in [0.1, 0.15) is 5.75 Å². The summed E-state index contributed by atoms with van der Waals surface area (Å²) in [6.45, 7) is 1.12. The number of hydrogen-bond donors (Lipinski definition) is 1. The molecule has 106 valence electrons. The summed E-state index contributed by atoms with van der Waals surface area (Å²) in [5.41, 5.74) is 1.12. The third-order valence-electron chi connectivity index (χ3n) is 3.51. The van der Waals surface area contributed by atoms with Crippen molar-refractivity contribution in [3.05, 3.63) is 29.8 Å². The highest BCUT2D eigenvalue weighted by molar-refractivity contribution is 5.26.